The molecule has 0 aromatic rings. The van der Waals surface area contributed by atoms with Gasteiger partial charge in [-0.2, -0.15) is 0 Å². The Morgan fingerprint density at radius 2 is 2.15 bits per heavy atom. The number of nitrogens with one attached hydrogen (secondary N) is 1. The first-order valence-electron chi connectivity index (χ1n) is 7.64. The summed E-state index contributed by atoms with van der Waals surface area (Å²) in [7, 11) is 1.72. The molecule has 0 aromatic carbocycles. The average molecular weight is 285 g/mol. The van der Waals surface area contributed by atoms with Gasteiger partial charge in [0.2, 0.25) is 0 Å². The molecule has 5 heteroatoms. The zero-order chi connectivity index (χ0) is 15.3. The number of likely N-dealkylation sites (tertiary alicyclic amines) is 1. The van der Waals surface area contributed by atoms with Crippen LogP contribution in [0.3, 0.4) is 0 Å². The smallest absolute Gasteiger partial charge is 0.317 e. The minimum atomic E-state index is -0.856. The van der Waals surface area contributed by atoms with Gasteiger partial charge >= 0.3 is 6.03 Å². The van der Waals surface area contributed by atoms with E-state index in [-0.39, 0.29) is 6.03 Å². The van der Waals surface area contributed by atoms with Gasteiger partial charge in [0.05, 0.1) is 12.1 Å². The van der Waals surface area contributed by atoms with Gasteiger partial charge < -0.3 is 20.2 Å². The molecule has 0 spiro atoms. The van der Waals surface area contributed by atoms with Gasteiger partial charge in [0.15, 0.2) is 0 Å². The molecule has 1 heterocycles. The van der Waals surface area contributed by atoms with Crippen LogP contribution in [0.15, 0.2) is 0 Å². The molecule has 1 fully saturated rings. The van der Waals surface area contributed by atoms with Crippen molar-refractivity contribution in [1.82, 2.24) is 15.1 Å². The monoisotopic (exact) mass is 285 g/mol. The predicted molar refractivity (Wildman–Crippen MR) is 81.8 cm³/mol. The first kappa shape index (κ1) is 17.2. The van der Waals surface area contributed by atoms with Crippen molar-refractivity contribution in [3.05, 3.63) is 0 Å². The number of hydrogen-bond donors (Lipinski definition) is 2. The lowest BCUT2D eigenvalue weighted by Gasteiger charge is -2.35. The average Bonchev–Trinajstić information content (AvgIpc) is 2.34. The van der Waals surface area contributed by atoms with Crippen LogP contribution >= 0.6 is 0 Å². The van der Waals surface area contributed by atoms with Gasteiger partial charge in [-0.05, 0) is 53.0 Å². The Kier molecular flexibility index (Phi) is 6.27. The number of urea groups is 1. The van der Waals surface area contributed by atoms with E-state index in [1.807, 2.05) is 0 Å². The second kappa shape index (κ2) is 7.27. The maximum atomic E-state index is 12.0. The summed E-state index contributed by atoms with van der Waals surface area (Å²) in [6, 6.07) is 0.472. The molecule has 1 aliphatic heterocycles. The molecule has 2 N–H and O–H groups in total. The third kappa shape index (κ3) is 6.09. The molecule has 1 saturated heterocycles. The number of nitrogens with zero attached hydrogens (tertiary/aromatic N) is 2. The molecule has 20 heavy (non-hydrogen) atoms. The minimum absolute atomic E-state index is 0.103. The van der Waals surface area contributed by atoms with E-state index in [0.717, 1.165) is 13.1 Å². The normalized spacial score (nSPS) is 21.1. The fourth-order valence-electron chi connectivity index (χ4n) is 2.75. The summed E-state index contributed by atoms with van der Waals surface area (Å²) in [6.45, 7) is 11.1. The number of piperidine rings is 1. The standard InChI is InChI=1S/C15H31N3O2/c1-12(2)18-8-6-7-13(10-18)9-16-14(19)17(5)11-15(3,4)20/h12-13,20H,6-11H2,1-5H3,(H,16,19). The lowest BCUT2D eigenvalue weighted by atomic mass is 9.97. The molecule has 1 rings (SSSR count). The maximum Gasteiger partial charge on any atom is 0.317 e. The number of carbonyl (C=O) groups is 1. The van der Waals surface area contributed by atoms with Crippen LogP contribution < -0.4 is 5.32 Å². The van der Waals surface area contributed by atoms with Gasteiger partial charge in [-0.15, -0.1) is 0 Å². The van der Waals surface area contributed by atoms with Crippen molar-refractivity contribution in [3.63, 3.8) is 0 Å². The van der Waals surface area contributed by atoms with Gasteiger partial charge in [-0.25, -0.2) is 4.79 Å². The van der Waals surface area contributed by atoms with Crippen molar-refractivity contribution < 1.29 is 9.90 Å². The highest BCUT2D eigenvalue weighted by molar-refractivity contribution is 5.73. The van der Waals surface area contributed by atoms with Crippen molar-refractivity contribution in [2.45, 2.75) is 52.2 Å². The molecule has 5 nitrogen and oxygen atoms in total. The molecule has 1 atom stereocenters. The van der Waals surface area contributed by atoms with E-state index >= 15 is 0 Å². The number of rotatable bonds is 5. The SMILES string of the molecule is CC(C)N1CCCC(CNC(=O)N(C)CC(C)(C)O)C1. The third-order valence-electron chi connectivity index (χ3n) is 3.79. The number of likely N-dealkylation sites (N-methyl/N-ethyl adjacent to an activating group) is 1. The maximum absolute atomic E-state index is 12.0. The molecule has 1 aliphatic rings. The Morgan fingerprint density at radius 3 is 2.70 bits per heavy atom. The Labute approximate surface area is 123 Å². The van der Waals surface area contributed by atoms with Gasteiger partial charge in [-0.1, -0.05) is 0 Å². The largest absolute Gasteiger partial charge is 0.389 e. The lowest BCUT2D eigenvalue weighted by Crippen LogP contribution is -2.48. The fourth-order valence-corrected chi connectivity index (χ4v) is 2.75. The predicted octanol–water partition coefficient (Wildman–Crippen LogP) is 1.52. The van der Waals surface area contributed by atoms with E-state index in [4.69, 9.17) is 0 Å². The second-order valence-corrected chi connectivity index (χ2v) is 6.95. The lowest BCUT2D eigenvalue weighted by molar-refractivity contribution is 0.0527. The molecule has 0 saturated carbocycles. The number of amides is 2. The molecule has 0 bridgehead atoms. The zero-order valence-electron chi connectivity index (χ0n) is 13.6. The van der Waals surface area contributed by atoms with Crippen molar-refractivity contribution >= 4 is 6.03 Å². The molecular weight excluding hydrogens is 254 g/mol. The highest BCUT2D eigenvalue weighted by Crippen LogP contribution is 2.17. The van der Waals surface area contributed by atoms with E-state index in [9.17, 15) is 9.90 Å². The molecular formula is C15H31N3O2. The van der Waals surface area contributed by atoms with E-state index in [2.05, 4.69) is 24.1 Å². The van der Waals surface area contributed by atoms with Crippen LogP contribution in [0.1, 0.15) is 40.5 Å². The number of carbonyl (C=O) groups excluding carboxylic acids is 1. The zero-order valence-corrected chi connectivity index (χ0v) is 13.6. The van der Waals surface area contributed by atoms with Crippen molar-refractivity contribution in [1.29, 1.82) is 0 Å². The first-order valence-corrected chi connectivity index (χ1v) is 7.64. The second-order valence-electron chi connectivity index (χ2n) is 6.95. The summed E-state index contributed by atoms with van der Waals surface area (Å²) in [5.41, 5.74) is -0.856. The Morgan fingerprint density at radius 1 is 1.50 bits per heavy atom. The van der Waals surface area contributed by atoms with Crippen molar-refractivity contribution in [3.8, 4) is 0 Å². The van der Waals surface area contributed by atoms with E-state index in [1.54, 1.807) is 25.8 Å². The summed E-state index contributed by atoms with van der Waals surface area (Å²) >= 11 is 0. The highest BCUT2D eigenvalue weighted by Gasteiger charge is 2.23. The highest BCUT2D eigenvalue weighted by atomic mass is 16.3. The minimum Gasteiger partial charge on any atom is -0.389 e. The van der Waals surface area contributed by atoms with Crippen LogP contribution in [0.25, 0.3) is 0 Å². The van der Waals surface area contributed by atoms with Crippen molar-refractivity contribution in [2.24, 2.45) is 5.92 Å². The van der Waals surface area contributed by atoms with Crippen LogP contribution in [0.5, 0.6) is 0 Å². The number of aliphatic hydroxyl groups is 1. The Bertz CT molecular complexity index is 313. The van der Waals surface area contributed by atoms with Crippen LogP contribution in [-0.4, -0.2) is 65.8 Å². The summed E-state index contributed by atoms with van der Waals surface area (Å²) in [4.78, 5) is 16.0. The van der Waals surface area contributed by atoms with Crippen LogP contribution in [0.2, 0.25) is 0 Å². The molecule has 118 valence electrons. The Hall–Kier alpha value is -0.810. The summed E-state index contributed by atoms with van der Waals surface area (Å²) in [6.07, 6.45) is 2.39. The van der Waals surface area contributed by atoms with Crippen LogP contribution in [-0.2, 0) is 0 Å². The van der Waals surface area contributed by atoms with Gasteiger partial charge in [-0.3, -0.25) is 0 Å². The summed E-state index contributed by atoms with van der Waals surface area (Å²) < 4.78 is 0. The molecule has 0 aliphatic carbocycles. The quantitative estimate of drug-likeness (QED) is 0.805. The van der Waals surface area contributed by atoms with Crippen molar-refractivity contribution in [2.75, 3.05) is 33.2 Å². The van der Waals surface area contributed by atoms with Gasteiger partial charge in [0.1, 0.15) is 0 Å². The van der Waals surface area contributed by atoms with E-state index in [0.29, 0.717) is 18.5 Å². The topological polar surface area (TPSA) is 55.8 Å². The number of hydrogen-bond acceptors (Lipinski definition) is 3. The fraction of sp³-hybridized carbons (Fsp3) is 0.933. The molecule has 2 amide bonds. The summed E-state index contributed by atoms with van der Waals surface area (Å²) in [5, 5.41) is 12.7. The van der Waals surface area contributed by atoms with E-state index < -0.39 is 5.60 Å². The molecule has 0 radical (unpaired) electrons. The van der Waals surface area contributed by atoms with Crippen LogP contribution in [0, 0.1) is 5.92 Å². The Balaban J connectivity index is 2.33. The third-order valence-corrected chi connectivity index (χ3v) is 3.79. The molecule has 0 aromatic heterocycles. The molecule has 1 unspecified atom stereocenters. The summed E-state index contributed by atoms with van der Waals surface area (Å²) in [5.74, 6) is 0.533. The van der Waals surface area contributed by atoms with Crippen LogP contribution in [0.4, 0.5) is 4.79 Å². The van der Waals surface area contributed by atoms with Gasteiger partial charge in [0.25, 0.3) is 0 Å². The first-order chi connectivity index (χ1) is 9.19. The van der Waals surface area contributed by atoms with E-state index in [1.165, 1.54) is 19.4 Å². The van der Waals surface area contributed by atoms with Gasteiger partial charge in [0, 0.05) is 26.2 Å².